The fourth-order valence-electron chi connectivity index (χ4n) is 3.19. The molecule has 1 amide bonds. The standard InChI is InChI=1S/C21H34N2O5/c1-8-27-12-10-11-23(20(25)13(3)4)16(7)19(24)17-14(5)18(22-15(17)6)21(26)28-9-2/h13,16,22H,8-12H2,1-7H3. The van der Waals surface area contributed by atoms with Crippen molar-refractivity contribution in [3.05, 3.63) is 22.5 Å². The van der Waals surface area contributed by atoms with Crippen molar-refractivity contribution in [1.82, 2.24) is 9.88 Å². The number of aryl methyl sites for hydroxylation is 1. The van der Waals surface area contributed by atoms with Crippen LogP contribution in [-0.2, 0) is 14.3 Å². The summed E-state index contributed by atoms with van der Waals surface area (Å²) in [6.45, 7) is 14.3. The summed E-state index contributed by atoms with van der Waals surface area (Å²) in [5.41, 5.74) is 1.89. The summed E-state index contributed by atoms with van der Waals surface area (Å²) in [4.78, 5) is 42.6. The molecule has 7 heteroatoms. The topological polar surface area (TPSA) is 88.7 Å². The summed E-state index contributed by atoms with van der Waals surface area (Å²) in [7, 11) is 0. The second kappa shape index (κ2) is 11.0. The van der Waals surface area contributed by atoms with Crippen LogP contribution in [0.3, 0.4) is 0 Å². The zero-order chi connectivity index (χ0) is 21.4. The van der Waals surface area contributed by atoms with Gasteiger partial charge in [-0.15, -0.1) is 0 Å². The molecule has 1 atom stereocenters. The number of nitrogens with one attached hydrogen (secondary N) is 1. The minimum Gasteiger partial charge on any atom is -0.461 e. The van der Waals surface area contributed by atoms with Gasteiger partial charge in [0.15, 0.2) is 5.78 Å². The smallest absolute Gasteiger partial charge is 0.355 e. The van der Waals surface area contributed by atoms with Gasteiger partial charge in [0, 0.05) is 36.9 Å². The zero-order valence-electron chi connectivity index (χ0n) is 18.2. The Hall–Kier alpha value is -2.15. The van der Waals surface area contributed by atoms with Crippen molar-refractivity contribution in [3.8, 4) is 0 Å². The number of aromatic nitrogens is 1. The number of amides is 1. The quantitative estimate of drug-likeness (QED) is 0.353. The second-order valence-electron chi connectivity index (χ2n) is 7.12. The number of carbonyl (C=O) groups excluding carboxylic acids is 3. The van der Waals surface area contributed by atoms with Crippen LogP contribution in [0.4, 0.5) is 0 Å². The Bertz CT molecular complexity index is 693. The summed E-state index contributed by atoms with van der Waals surface area (Å²) >= 11 is 0. The van der Waals surface area contributed by atoms with E-state index in [2.05, 4.69) is 4.98 Å². The molecule has 0 radical (unpaired) electrons. The summed E-state index contributed by atoms with van der Waals surface area (Å²) < 4.78 is 10.4. The number of hydrogen-bond acceptors (Lipinski definition) is 5. The lowest BCUT2D eigenvalue weighted by molar-refractivity contribution is -0.135. The lowest BCUT2D eigenvalue weighted by Crippen LogP contribution is -2.46. The van der Waals surface area contributed by atoms with Gasteiger partial charge >= 0.3 is 5.97 Å². The maximum atomic E-state index is 13.2. The molecule has 1 rings (SSSR count). The number of H-pyrrole nitrogens is 1. The summed E-state index contributed by atoms with van der Waals surface area (Å²) in [6, 6.07) is -0.639. The molecule has 1 unspecified atom stereocenters. The van der Waals surface area contributed by atoms with E-state index in [0.29, 0.717) is 43.0 Å². The van der Waals surface area contributed by atoms with Gasteiger partial charge in [0.2, 0.25) is 5.91 Å². The third kappa shape index (κ3) is 5.67. The lowest BCUT2D eigenvalue weighted by atomic mass is 9.98. The number of rotatable bonds is 11. The highest BCUT2D eigenvalue weighted by atomic mass is 16.5. The molecule has 0 saturated heterocycles. The molecule has 0 spiro atoms. The molecule has 158 valence electrons. The summed E-state index contributed by atoms with van der Waals surface area (Å²) in [5.74, 6) is -0.964. The first-order chi connectivity index (χ1) is 13.2. The van der Waals surface area contributed by atoms with E-state index in [1.165, 1.54) is 0 Å². The molecule has 0 bridgehead atoms. The molecule has 28 heavy (non-hydrogen) atoms. The van der Waals surface area contributed by atoms with E-state index < -0.39 is 12.0 Å². The predicted octanol–water partition coefficient (Wildman–Crippen LogP) is 3.29. The minimum absolute atomic E-state index is 0.0752. The molecule has 0 aliphatic heterocycles. The Balaban J connectivity index is 3.12. The van der Waals surface area contributed by atoms with Crippen molar-refractivity contribution >= 4 is 17.7 Å². The zero-order valence-corrected chi connectivity index (χ0v) is 18.2. The van der Waals surface area contributed by atoms with E-state index in [-0.39, 0.29) is 29.9 Å². The fraction of sp³-hybridized carbons (Fsp3) is 0.667. The Morgan fingerprint density at radius 1 is 1.07 bits per heavy atom. The number of Topliss-reactive ketones (excluding diaryl/α,β-unsaturated/α-hetero) is 1. The van der Waals surface area contributed by atoms with E-state index >= 15 is 0 Å². The van der Waals surface area contributed by atoms with E-state index in [9.17, 15) is 14.4 Å². The van der Waals surface area contributed by atoms with Crippen LogP contribution in [0, 0.1) is 19.8 Å². The van der Waals surface area contributed by atoms with Gasteiger partial charge in [0.05, 0.1) is 12.6 Å². The molecule has 0 aliphatic carbocycles. The number of aromatic amines is 1. The Morgan fingerprint density at radius 2 is 1.71 bits per heavy atom. The van der Waals surface area contributed by atoms with Gasteiger partial charge in [-0.2, -0.15) is 0 Å². The summed E-state index contributed by atoms with van der Waals surface area (Å²) in [6.07, 6.45) is 0.656. The third-order valence-electron chi connectivity index (χ3n) is 4.68. The van der Waals surface area contributed by atoms with Crippen molar-refractivity contribution in [1.29, 1.82) is 0 Å². The highest BCUT2D eigenvalue weighted by molar-refractivity contribution is 6.06. The first-order valence-corrected chi connectivity index (χ1v) is 9.95. The largest absolute Gasteiger partial charge is 0.461 e. The number of ether oxygens (including phenoxy) is 2. The van der Waals surface area contributed by atoms with Gasteiger partial charge in [-0.05, 0) is 46.6 Å². The van der Waals surface area contributed by atoms with Gasteiger partial charge in [0.1, 0.15) is 5.69 Å². The second-order valence-corrected chi connectivity index (χ2v) is 7.12. The van der Waals surface area contributed by atoms with Gasteiger partial charge in [-0.3, -0.25) is 9.59 Å². The molecular formula is C21H34N2O5. The molecule has 7 nitrogen and oxygen atoms in total. The van der Waals surface area contributed by atoms with Crippen LogP contribution in [0.1, 0.15) is 73.1 Å². The Labute approximate surface area is 167 Å². The van der Waals surface area contributed by atoms with Gasteiger partial charge < -0.3 is 19.4 Å². The average molecular weight is 395 g/mol. The van der Waals surface area contributed by atoms with Crippen LogP contribution in [0.25, 0.3) is 0 Å². The van der Waals surface area contributed by atoms with Crippen LogP contribution in [-0.4, -0.2) is 60.0 Å². The number of esters is 1. The average Bonchev–Trinajstić information content (AvgIpc) is 2.94. The van der Waals surface area contributed by atoms with Crippen LogP contribution < -0.4 is 0 Å². The van der Waals surface area contributed by atoms with Crippen LogP contribution in [0.15, 0.2) is 0 Å². The van der Waals surface area contributed by atoms with Crippen molar-refractivity contribution in [2.24, 2.45) is 5.92 Å². The molecule has 0 aliphatic rings. The number of nitrogens with zero attached hydrogens (tertiary/aromatic N) is 1. The van der Waals surface area contributed by atoms with Crippen molar-refractivity contribution in [2.75, 3.05) is 26.4 Å². The van der Waals surface area contributed by atoms with Crippen molar-refractivity contribution in [3.63, 3.8) is 0 Å². The third-order valence-corrected chi connectivity index (χ3v) is 4.68. The molecule has 0 saturated carbocycles. The van der Waals surface area contributed by atoms with Crippen LogP contribution >= 0.6 is 0 Å². The predicted molar refractivity (Wildman–Crippen MR) is 108 cm³/mol. The molecule has 0 fully saturated rings. The van der Waals surface area contributed by atoms with Gasteiger partial charge in [0.25, 0.3) is 0 Å². The normalized spacial score (nSPS) is 12.1. The van der Waals surface area contributed by atoms with E-state index in [0.717, 1.165) is 0 Å². The van der Waals surface area contributed by atoms with Gasteiger partial charge in [-0.1, -0.05) is 13.8 Å². The van der Waals surface area contributed by atoms with E-state index in [1.54, 1.807) is 32.6 Å². The molecule has 1 aromatic rings. The lowest BCUT2D eigenvalue weighted by Gasteiger charge is -2.30. The Morgan fingerprint density at radius 3 is 2.25 bits per heavy atom. The first-order valence-electron chi connectivity index (χ1n) is 9.95. The van der Waals surface area contributed by atoms with Crippen LogP contribution in [0.2, 0.25) is 0 Å². The molecule has 1 aromatic heterocycles. The monoisotopic (exact) mass is 394 g/mol. The highest BCUT2D eigenvalue weighted by Crippen LogP contribution is 2.23. The number of hydrogen-bond donors (Lipinski definition) is 1. The van der Waals surface area contributed by atoms with E-state index in [4.69, 9.17) is 9.47 Å². The highest BCUT2D eigenvalue weighted by Gasteiger charge is 2.31. The van der Waals surface area contributed by atoms with Crippen LogP contribution in [0.5, 0.6) is 0 Å². The number of ketones is 1. The number of carbonyl (C=O) groups is 3. The summed E-state index contributed by atoms with van der Waals surface area (Å²) in [5, 5.41) is 0. The van der Waals surface area contributed by atoms with Gasteiger partial charge in [-0.25, -0.2) is 4.79 Å². The maximum Gasteiger partial charge on any atom is 0.355 e. The fourth-order valence-corrected chi connectivity index (χ4v) is 3.19. The minimum atomic E-state index is -0.639. The SMILES string of the molecule is CCOCCCN(C(=O)C(C)C)C(C)C(=O)c1c(C)[nH]c(C(=O)OCC)c1C. The van der Waals surface area contributed by atoms with Crippen molar-refractivity contribution < 1.29 is 23.9 Å². The molecule has 0 aromatic carbocycles. The molecule has 1 heterocycles. The maximum absolute atomic E-state index is 13.2. The first kappa shape index (κ1) is 23.9. The Kier molecular flexibility index (Phi) is 9.38. The molecular weight excluding hydrogens is 360 g/mol. The van der Waals surface area contributed by atoms with Crippen molar-refractivity contribution in [2.45, 2.75) is 60.9 Å². The van der Waals surface area contributed by atoms with E-state index in [1.807, 2.05) is 20.8 Å². The molecule has 1 N–H and O–H groups in total.